The van der Waals surface area contributed by atoms with Crippen LogP contribution in [0.5, 0.6) is 0 Å². The van der Waals surface area contributed by atoms with Crippen LogP contribution in [0.25, 0.3) is 11.0 Å². The van der Waals surface area contributed by atoms with Gasteiger partial charge in [0.2, 0.25) is 0 Å². The molecule has 0 aromatic carbocycles. The second-order valence-electron chi connectivity index (χ2n) is 4.25. The fourth-order valence-electron chi connectivity index (χ4n) is 2.12. The second-order valence-corrected chi connectivity index (χ2v) is 4.25. The maximum absolute atomic E-state index is 4.67. The first-order valence-electron chi connectivity index (χ1n) is 6.31. The summed E-state index contributed by atoms with van der Waals surface area (Å²) in [4.78, 5) is 8.80. The highest BCUT2D eigenvalue weighted by atomic mass is 15.1. The Morgan fingerprint density at radius 3 is 2.94 bits per heavy atom. The lowest BCUT2D eigenvalue weighted by Crippen LogP contribution is -2.22. The number of nitrogens with one attached hydrogen (secondary N) is 1. The quantitative estimate of drug-likeness (QED) is 0.861. The number of imidazole rings is 1. The summed E-state index contributed by atoms with van der Waals surface area (Å²) in [6.45, 7) is 8.45. The van der Waals surface area contributed by atoms with Crippen LogP contribution < -0.4 is 5.32 Å². The van der Waals surface area contributed by atoms with Gasteiger partial charge in [0.05, 0.1) is 17.8 Å². The van der Waals surface area contributed by atoms with E-state index in [-0.39, 0.29) is 6.04 Å². The molecule has 17 heavy (non-hydrogen) atoms. The van der Waals surface area contributed by atoms with Crippen LogP contribution in [-0.2, 0) is 6.54 Å². The minimum Gasteiger partial charge on any atom is -0.327 e. The summed E-state index contributed by atoms with van der Waals surface area (Å²) in [7, 11) is 0. The Morgan fingerprint density at radius 1 is 1.41 bits per heavy atom. The number of aromatic nitrogens is 3. The third kappa shape index (κ3) is 2.31. The van der Waals surface area contributed by atoms with Crippen molar-refractivity contribution in [1.82, 2.24) is 19.9 Å². The molecule has 2 aromatic heterocycles. The molecule has 4 nitrogen and oxygen atoms in total. The van der Waals surface area contributed by atoms with Gasteiger partial charge in [0.25, 0.3) is 0 Å². The van der Waals surface area contributed by atoms with Crippen molar-refractivity contribution < 1.29 is 0 Å². The summed E-state index contributed by atoms with van der Waals surface area (Å²) < 4.78 is 2.25. The predicted molar refractivity (Wildman–Crippen MR) is 69.9 cm³/mol. The Kier molecular flexibility index (Phi) is 3.74. The molecule has 92 valence electrons. The fraction of sp³-hybridized carbons (Fsp3) is 0.538. The van der Waals surface area contributed by atoms with Crippen LogP contribution in [0.2, 0.25) is 0 Å². The zero-order valence-electron chi connectivity index (χ0n) is 10.8. The molecule has 0 aliphatic rings. The van der Waals surface area contributed by atoms with Crippen molar-refractivity contribution in [3.8, 4) is 0 Å². The maximum Gasteiger partial charge on any atom is 0.126 e. The molecule has 0 spiro atoms. The molecule has 0 aliphatic carbocycles. The summed E-state index contributed by atoms with van der Waals surface area (Å²) in [5.74, 6) is 1.10. The first-order chi connectivity index (χ1) is 8.27. The molecule has 0 saturated carbocycles. The van der Waals surface area contributed by atoms with Crippen molar-refractivity contribution in [3.63, 3.8) is 0 Å². The standard InChI is InChI=1S/C13H20N4/c1-4-7-15-10(3)13-16-11-9-14-8-6-12(11)17(13)5-2/h6,8-10,15H,4-5,7H2,1-3H3. The first-order valence-corrected chi connectivity index (χ1v) is 6.31. The highest BCUT2D eigenvalue weighted by Gasteiger charge is 2.14. The molecule has 0 bridgehead atoms. The molecule has 0 fully saturated rings. The summed E-state index contributed by atoms with van der Waals surface area (Å²) in [5, 5.41) is 3.48. The number of rotatable bonds is 5. The van der Waals surface area contributed by atoms with Crippen molar-refractivity contribution in [2.24, 2.45) is 0 Å². The summed E-state index contributed by atoms with van der Waals surface area (Å²) in [6, 6.07) is 2.31. The van der Waals surface area contributed by atoms with Gasteiger partial charge in [0.15, 0.2) is 0 Å². The average molecular weight is 232 g/mol. The van der Waals surface area contributed by atoms with E-state index in [2.05, 4.69) is 40.6 Å². The van der Waals surface area contributed by atoms with Gasteiger partial charge in [0, 0.05) is 12.7 Å². The Morgan fingerprint density at radius 2 is 2.24 bits per heavy atom. The van der Waals surface area contributed by atoms with Gasteiger partial charge in [-0.2, -0.15) is 0 Å². The third-order valence-corrected chi connectivity index (χ3v) is 2.98. The molecule has 0 aliphatic heterocycles. The lowest BCUT2D eigenvalue weighted by Gasteiger charge is -2.14. The van der Waals surface area contributed by atoms with Crippen LogP contribution in [-0.4, -0.2) is 21.1 Å². The van der Waals surface area contributed by atoms with E-state index in [1.165, 1.54) is 5.52 Å². The SMILES string of the molecule is CCCNC(C)c1nc2cnccc2n1CC. The first kappa shape index (κ1) is 12.0. The number of fused-ring (bicyclic) bond motifs is 1. The van der Waals surface area contributed by atoms with Crippen molar-refractivity contribution in [2.45, 2.75) is 39.8 Å². The second kappa shape index (κ2) is 5.27. The van der Waals surface area contributed by atoms with Crippen molar-refractivity contribution in [2.75, 3.05) is 6.54 Å². The molecule has 2 aromatic rings. The zero-order valence-corrected chi connectivity index (χ0v) is 10.8. The molecule has 1 atom stereocenters. The van der Waals surface area contributed by atoms with E-state index in [1.807, 2.05) is 18.5 Å². The summed E-state index contributed by atoms with van der Waals surface area (Å²) >= 11 is 0. The van der Waals surface area contributed by atoms with Crippen LogP contribution in [0, 0.1) is 0 Å². The Labute approximate surface area is 102 Å². The van der Waals surface area contributed by atoms with Gasteiger partial charge in [-0.15, -0.1) is 0 Å². The van der Waals surface area contributed by atoms with Crippen molar-refractivity contribution >= 4 is 11.0 Å². The monoisotopic (exact) mass is 232 g/mol. The number of nitrogens with zero attached hydrogens (tertiary/aromatic N) is 3. The Balaban J connectivity index is 2.38. The number of hydrogen-bond donors (Lipinski definition) is 1. The van der Waals surface area contributed by atoms with Gasteiger partial charge >= 0.3 is 0 Å². The van der Waals surface area contributed by atoms with Gasteiger partial charge in [0.1, 0.15) is 11.3 Å². The van der Waals surface area contributed by atoms with Gasteiger partial charge in [-0.1, -0.05) is 6.92 Å². The van der Waals surface area contributed by atoms with Crippen LogP contribution in [0.1, 0.15) is 39.1 Å². The zero-order chi connectivity index (χ0) is 12.3. The smallest absolute Gasteiger partial charge is 0.126 e. The van der Waals surface area contributed by atoms with Crippen LogP contribution in [0.15, 0.2) is 18.5 Å². The Hall–Kier alpha value is -1.42. The van der Waals surface area contributed by atoms with E-state index in [9.17, 15) is 0 Å². The fourth-order valence-corrected chi connectivity index (χ4v) is 2.12. The number of pyridine rings is 1. The molecule has 2 heterocycles. The topological polar surface area (TPSA) is 42.7 Å². The highest BCUT2D eigenvalue weighted by Crippen LogP contribution is 2.19. The van der Waals surface area contributed by atoms with E-state index < -0.39 is 0 Å². The molecule has 0 amide bonds. The Bertz CT molecular complexity index is 489. The van der Waals surface area contributed by atoms with Gasteiger partial charge < -0.3 is 9.88 Å². The third-order valence-electron chi connectivity index (χ3n) is 2.98. The summed E-state index contributed by atoms with van der Waals surface area (Å²) in [6.07, 6.45) is 4.79. The molecule has 1 unspecified atom stereocenters. The highest BCUT2D eigenvalue weighted by molar-refractivity contribution is 5.74. The molecule has 0 radical (unpaired) electrons. The lowest BCUT2D eigenvalue weighted by molar-refractivity contribution is 0.521. The van der Waals surface area contributed by atoms with Crippen LogP contribution in [0.4, 0.5) is 0 Å². The normalized spacial score (nSPS) is 13.1. The van der Waals surface area contributed by atoms with Gasteiger partial charge in [-0.3, -0.25) is 4.98 Å². The largest absolute Gasteiger partial charge is 0.327 e. The van der Waals surface area contributed by atoms with Crippen LogP contribution in [0.3, 0.4) is 0 Å². The molecule has 2 rings (SSSR count). The minimum absolute atomic E-state index is 0.280. The lowest BCUT2D eigenvalue weighted by atomic mass is 10.3. The number of hydrogen-bond acceptors (Lipinski definition) is 3. The van der Waals surface area contributed by atoms with E-state index in [1.54, 1.807) is 0 Å². The van der Waals surface area contributed by atoms with E-state index in [0.29, 0.717) is 0 Å². The van der Waals surface area contributed by atoms with Crippen molar-refractivity contribution in [3.05, 3.63) is 24.3 Å². The average Bonchev–Trinajstić information content (AvgIpc) is 2.74. The predicted octanol–water partition coefficient (Wildman–Crippen LogP) is 2.51. The van der Waals surface area contributed by atoms with E-state index in [0.717, 1.165) is 30.9 Å². The van der Waals surface area contributed by atoms with Crippen molar-refractivity contribution in [1.29, 1.82) is 0 Å². The van der Waals surface area contributed by atoms with E-state index >= 15 is 0 Å². The molecular weight excluding hydrogens is 212 g/mol. The minimum atomic E-state index is 0.280. The van der Waals surface area contributed by atoms with E-state index in [4.69, 9.17) is 0 Å². The van der Waals surface area contributed by atoms with Gasteiger partial charge in [-0.05, 0) is 32.9 Å². The molecular formula is C13H20N4. The van der Waals surface area contributed by atoms with Gasteiger partial charge in [-0.25, -0.2) is 4.98 Å². The molecule has 0 saturated heterocycles. The molecule has 4 heteroatoms. The summed E-state index contributed by atoms with van der Waals surface area (Å²) in [5.41, 5.74) is 2.15. The maximum atomic E-state index is 4.67. The molecule has 1 N–H and O–H groups in total. The number of aryl methyl sites for hydroxylation is 1. The van der Waals surface area contributed by atoms with Crippen LogP contribution >= 0.6 is 0 Å².